The van der Waals surface area contributed by atoms with Crippen molar-refractivity contribution < 1.29 is 0 Å². The van der Waals surface area contributed by atoms with Crippen molar-refractivity contribution in [3.05, 3.63) is 29.9 Å². The molecule has 0 atom stereocenters. The minimum absolute atomic E-state index is 0.804. The smallest absolute Gasteiger partial charge is 0.115 e. The van der Waals surface area contributed by atoms with Gasteiger partial charge < -0.3 is 5.32 Å². The third-order valence-corrected chi connectivity index (χ3v) is 2.77. The van der Waals surface area contributed by atoms with E-state index in [0.717, 1.165) is 22.0 Å². The first-order valence-corrected chi connectivity index (χ1v) is 5.06. The van der Waals surface area contributed by atoms with Crippen LogP contribution in [0.2, 0.25) is 0 Å². The van der Waals surface area contributed by atoms with E-state index in [1.807, 2.05) is 13.2 Å². The van der Waals surface area contributed by atoms with Gasteiger partial charge in [-0.2, -0.15) is 0 Å². The third kappa shape index (κ3) is 1.94. The van der Waals surface area contributed by atoms with Gasteiger partial charge >= 0.3 is 0 Å². The van der Waals surface area contributed by atoms with Gasteiger partial charge in [0, 0.05) is 30.7 Å². The Bertz CT molecular complexity index is 398. The highest BCUT2D eigenvalue weighted by atomic mass is 32.1. The highest BCUT2D eigenvalue weighted by Crippen LogP contribution is 2.24. The van der Waals surface area contributed by atoms with Crippen molar-refractivity contribution in [2.24, 2.45) is 0 Å². The zero-order chi connectivity index (χ0) is 9.80. The lowest BCUT2D eigenvalue weighted by Crippen LogP contribution is -2.03. The van der Waals surface area contributed by atoms with Gasteiger partial charge in [0.1, 0.15) is 11.3 Å². The molecular weight excluding hydrogens is 196 g/mol. The van der Waals surface area contributed by atoms with E-state index < -0.39 is 0 Å². The van der Waals surface area contributed by atoms with E-state index in [2.05, 4.69) is 20.3 Å². The molecule has 14 heavy (non-hydrogen) atoms. The fourth-order valence-electron chi connectivity index (χ4n) is 1.10. The standard InChI is InChI=1S/C9H10N4S/c1-10-5-9-13-4-8(14-9)7-2-11-6-12-3-7/h2-4,6,10H,5H2,1H3. The molecule has 0 spiro atoms. The van der Waals surface area contributed by atoms with Crippen LogP contribution in [0.3, 0.4) is 0 Å². The number of nitrogens with one attached hydrogen (secondary N) is 1. The molecule has 0 fully saturated rings. The van der Waals surface area contributed by atoms with Crippen LogP contribution in [0, 0.1) is 0 Å². The molecule has 0 radical (unpaired) electrons. The second kappa shape index (κ2) is 4.26. The summed E-state index contributed by atoms with van der Waals surface area (Å²) in [5, 5.41) is 4.14. The van der Waals surface area contributed by atoms with Gasteiger partial charge in [-0.1, -0.05) is 0 Å². The monoisotopic (exact) mass is 206 g/mol. The summed E-state index contributed by atoms with van der Waals surface area (Å²) in [6.45, 7) is 0.804. The minimum Gasteiger partial charge on any atom is -0.314 e. The molecular formula is C9H10N4S. The topological polar surface area (TPSA) is 50.7 Å². The highest BCUT2D eigenvalue weighted by Gasteiger charge is 2.03. The van der Waals surface area contributed by atoms with E-state index in [0.29, 0.717) is 0 Å². The number of thiazole rings is 1. The van der Waals surface area contributed by atoms with E-state index in [1.54, 1.807) is 23.7 Å². The van der Waals surface area contributed by atoms with Crippen LogP contribution in [-0.2, 0) is 6.54 Å². The van der Waals surface area contributed by atoms with Gasteiger partial charge in [0.25, 0.3) is 0 Å². The zero-order valence-corrected chi connectivity index (χ0v) is 8.58. The van der Waals surface area contributed by atoms with Crippen LogP contribution in [-0.4, -0.2) is 22.0 Å². The van der Waals surface area contributed by atoms with Crippen LogP contribution in [0.25, 0.3) is 10.4 Å². The van der Waals surface area contributed by atoms with E-state index in [1.165, 1.54) is 6.33 Å². The van der Waals surface area contributed by atoms with Crippen LogP contribution in [0.1, 0.15) is 5.01 Å². The van der Waals surface area contributed by atoms with Crippen LogP contribution in [0.15, 0.2) is 24.9 Å². The molecule has 0 aliphatic heterocycles. The van der Waals surface area contributed by atoms with Crippen LogP contribution in [0.5, 0.6) is 0 Å². The average molecular weight is 206 g/mol. The van der Waals surface area contributed by atoms with Crippen molar-refractivity contribution in [3.8, 4) is 10.4 Å². The number of rotatable bonds is 3. The number of hydrogen-bond donors (Lipinski definition) is 1. The Labute approximate surface area is 86.1 Å². The maximum absolute atomic E-state index is 4.28. The molecule has 4 nitrogen and oxygen atoms in total. The molecule has 0 saturated heterocycles. The first-order chi connectivity index (χ1) is 6.90. The SMILES string of the molecule is CNCc1ncc(-c2cncnc2)s1. The van der Waals surface area contributed by atoms with Gasteiger partial charge in [-0.15, -0.1) is 11.3 Å². The normalized spacial score (nSPS) is 10.4. The van der Waals surface area contributed by atoms with Gasteiger partial charge in [0.2, 0.25) is 0 Å². The molecule has 0 bridgehead atoms. The van der Waals surface area contributed by atoms with Gasteiger partial charge in [-0.05, 0) is 7.05 Å². The van der Waals surface area contributed by atoms with Crippen molar-refractivity contribution in [2.45, 2.75) is 6.54 Å². The van der Waals surface area contributed by atoms with E-state index in [4.69, 9.17) is 0 Å². The van der Waals surface area contributed by atoms with Gasteiger partial charge in [-0.3, -0.25) is 0 Å². The van der Waals surface area contributed by atoms with Crippen molar-refractivity contribution in [3.63, 3.8) is 0 Å². The first-order valence-electron chi connectivity index (χ1n) is 4.25. The maximum atomic E-state index is 4.28. The van der Waals surface area contributed by atoms with Crippen LogP contribution < -0.4 is 5.32 Å². The summed E-state index contributed by atoms with van der Waals surface area (Å²) in [7, 11) is 1.91. The van der Waals surface area contributed by atoms with E-state index in [-0.39, 0.29) is 0 Å². The highest BCUT2D eigenvalue weighted by molar-refractivity contribution is 7.15. The Morgan fingerprint density at radius 1 is 1.29 bits per heavy atom. The lowest BCUT2D eigenvalue weighted by molar-refractivity contribution is 0.810. The summed E-state index contributed by atoms with van der Waals surface area (Å²) < 4.78 is 0. The largest absolute Gasteiger partial charge is 0.314 e. The second-order valence-corrected chi connectivity index (χ2v) is 3.89. The van der Waals surface area contributed by atoms with Crippen molar-refractivity contribution >= 4 is 11.3 Å². The van der Waals surface area contributed by atoms with Gasteiger partial charge in [0.15, 0.2) is 0 Å². The predicted molar refractivity (Wildman–Crippen MR) is 55.9 cm³/mol. The molecule has 5 heteroatoms. The van der Waals surface area contributed by atoms with Crippen molar-refractivity contribution in [1.29, 1.82) is 0 Å². The van der Waals surface area contributed by atoms with Crippen LogP contribution in [0.4, 0.5) is 0 Å². The number of hydrogen-bond acceptors (Lipinski definition) is 5. The zero-order valence-electron chi connectivity index (χ0n) is 7.77. The molecule has 0 aliphatic carbocycles. The maximum Gasteiger partial charge on any atom is 0.115 e. The summed E-state index contributed by atoms with van der Waals surface area (Å²) in [5.74, 6) is 0. The second-order valence-electron chi connectivity index (χ2n) is 2.78. The summed E-state index contributed by atoms with van der Waals surface area (Å²) in [5.41, 5.74) is 1.02. The summed E-state index contributed by atoms with van der Waals surface area (Å²) in [6.07, 6.45) is 6.97. The van der Waals surface area contributed by atoms with E-state index in [9.17, 15) is 0 Å². The lowest BCUT2D eigenvalue weighted by atomic mass is 10.3. The molecule has 2 aromatic rings. The molecule has 2 rings (SSSR count). The average Bonchev–Trinajstić information content (AvgIpc) is 2.68. The summed E-state index contributed by atoms with van der Waals surface area (Å²) >= 11 is 1.66. The molecule has 0 saturated carbocycles. The predicted octanol–water partition coefficient (Wildman–Crippen LogP) is 1.32. The van der Waals surface area contributed by atoms with Crippen LogP contribution >= 0.6 is 11.3 Å². The number of nitrogens with zero attached hydrogens (tertiary/aromatic N) is 3. The molecule has 2 heterocycles. The van der Waals surface area contributed by atoms with E-state index >= 15 is 0 Å². The Morgan fingerprint density at radius 3 is 2.79 bits per heavy atom. The Balaban J connectivity index is 2.25. The summed E-state index contributed by atoms with van der Waals surface area (Å²) in [6, 6.07) is 0. The Morgan fingerprint density at radius 2 is 2.07 bits per heavy atom. The third-order valence-electron chi connectivity index (χ3n) is 1.73. The molecule has 0 aliphatic rings. The summed E-state index contributed by atoms with van der Waals surface area (Å²) in [4.78, 5) is 13.3. The molecule has 72 valence electrons. The molecule has 0 unspecified atom stereocenters. The lowest BCUT2D eigenvalue weighted by Gasteiger charge is -1.92. The van der Waals surface area contributed by atoms with Gasteiger partial charge in [-0.25, -0.2) is 15.0 Å². The quantitative estimate of drug-likeness (QED) is 0.823. The van der Waals surface area contributed by atoms with Crippen molar-refractivity contribution in [1.82, 2.24) is 20.3 Å². The molecule has 1 N–H and O–H groups in total. The van der Waals surface area contributed by atoms with Crippen molar-refractivity contribution in [2.75, 3.05) is 7.05 Å². The molecule has 0 aromatic carbocycles. The minimum atomic E-state index is 0.804. The Kier molecular flexibility index (Phi) is 2.81. The fraction of sp³-hybridized carbons (Fsp3) is 0.222. The Hall–Kier alpha value is -1.33. The fourth-order valence-corrected chi connectivity index (χ4v) is 2.01. The molecule has 0 amide bonds. The molecule has 2 aromatic heterocycles. The number of aromatic nitrogens is 3. The first kappa shape index (κ1) is 9.23. The van der Waals surface area contributed by atoms with Gasteiger partial charge in [0.05, 0.1) is 4.88 Å².